The van der Waals surface area contributed by atoms with E-state index in [0.29, 0.717) is 37.0 Å². The molecular formula is C19H19NO6S. The van der Waals surface area contributed by atoms with Crippen molar-refractivity contribution >= 4 is 17.7 Å². The lowest BCUT2D eigenvalue weighted by atomic mass is 10.2. The van der Waals surface area contributed by atoms with Crippen LogP contribution in [0.4, 0.5) is 0 Å². The van der Waals surface area contributed by atoms with Crippen molar-refractivity contribution in [2.45, 2.75) is 13.3 Å². The molecule has 0 aliphatic carbocycles. The number of carboxylic acid groups (broad SMARTS) is 1. The zero-order valence-electron chi connectivity index (χ0n) is 14.8. The average molecular weight is 389 g/mol. The lowest BCUT2D eigenvalue weighted by Crippen LogP contribution is -2.00. The molecule has 0 fully saturated rings. The van der Waals surface area contributed by atoms with E-state index in [1.54, 1.807) is 0 Å². The van der Waals surface area contributed by atoms with E-state index in [-0.39, 0.29) is 12.5 Å². The molecule has 2 heterocycles. The summed E-state index contributed by atoms with van der Waals surface area (Å²) < 4.78 is 21.9. The first-order valence-electron chi connectivity index (χ1n) is 8.33. The maximum Gasteiger partial charge on any atom is 0.313 e. The van der Waals surface area contributed by atoms with Crippen molar-refractivity contribution in [1.29, 1.82) is 0 Å². The summed E-state index contributed by atoms with van der Waals surface area (Å²) in [5.74, 6) is 8.14. The van der Waals surface area contributed by atoms with Gasteiger partial charge in [-0.05, 0) is 25.1 Å². The van der Waals surface area contributed by atoms with Gasteiger partial charge in [0.15, 0.2) is 11.5 Å². The maximum atomic E-state index is 10.4. The number of aliphatic carboxylic acids is 1. The number of fused-ring (bicyclic) bond motifs is 1. The fourth-order valence-corrected chi connectivity index (χ4v) is 2.88. The van der Waals surface area contributed by atoms with E-state index < -0.39 is 5.97 Å². The number of carboxylic acids is 1. The first-order valence-corrected chi connectivity index (χ1v) is 9.48. The lowest BCUT2D eigenvalue weighted by molar-refractivity contribution is -0.133. The molecule has 3 rings (SSSR count). The van der Waals surface area contributed by atoms with Gasteiger partial charge in [-0.1, -0.05) is 11.8 Å². The van der Waals surface area contributed by atoms with Gasteiger partial charge in [0.25, 0.3) is 0 Å². The molecule has 1 aliphatic heterocycles. The van der Waals surface area contributed by atoms with Crippen LogP contribution in [-0.4, -0.2) is 47.6 Å². The van der Waals surface area contributed by atoms with E-state index in [1.807, 2.05) is 25.1 Å². The second-order valence-corrected chi connectivity index (χ2v) is 6.62. The second-order valence-electron chi connectivity index (χ2n) is 5.63. The Morgan fingerprint density at radius 2 is 2.19 bits per heavy atom. The van der Waals surface area contributed by atoms with Gasteiger partial charge >= 0.3 is 5.97 Å². The predicted molar refractivity (Wildman–Crippen MR) is 100 cm³/mol. The van der Waals surface area contributed by atoms with Gasteiger partial charge in [-0.25, -0.2) is 4.98 Å². The quantitative estimate of drug-likeness (QED) is 0.544. The third-order valence-electron chi connectivity index (χ3n) is 3.69. The third kappa shape index (κ3) is 5.42. The number of oxazole rings is 1. The number of benzene rings is 1. The van der Waals surface area contributed by atoms with E-state index in [4.69, 9.17) is 23.7 Å². The van der Waals surface area contributed by atoms with Crippen molar-refractivity contribution in [2.24, 2.45) is 0 Å². The van der Waals surface area contributed by atoms with Crippen LogP contribution in [0.1, 0.15) is 11.5 Å². The summed E-state index contributed by atoms with van der Waals surface area (Å²) in [7, 11) is 0. The van der Waals surface area contributed by atoms with Crippen molar-refractivity contribution in [3.8, 4) is 34.8 Å². The number of aromatic nitrogens is 1. The number of nitrogens with zero attached hydrogens (tertiary/aromatic N) is 1. The Bertz CT molecular complexity index is 867. The van der Waals surface area contributed by atoms with E-state index in [0.717, 1.165) is 22.8 Å². The third-order valence-corrected chi connectivity index (χ3v) is 4.49. The summed E-state index contributed by atoms with van der Waals surface area (Å²) in [4.78, 5) is 14.9. The highest BCUT2D eigenvalue weighted by molar-refractivity contribution is 8.00. The first kappa shape index (κ1) is 19.1. The van der Waals surface area contributed by atoms with Gasteiger partial charge in [-0.3, -0.25) is 4.79 Å². The van der Waals surface area contributed by atoms with Crippen molar-refractivity contribution in [2.75, 3.05) is 31.5 Å². The monoisotopic (exact) mass is 389 g/mol. The number of thioether (sulfide) groups is 1. The van der Waals surface area contributed by atoms with Gasteiger partial charge in [0.05, 0.1) is 23.8 Å². The van der Waals surface area contributed by atoms with E-state index in [9.17, 15) is 4.79 Å². The SMILES string of the molecule is Cc1oc(-c2ccc3c(c2)OCO3)nc1CCOCC#CCSCC(=O)O. The number of rotatable bonds is 8. The lowest BCUT2D eigenvalue weighted by Gasteiger charge is -1.98. The molecule has 0 saturated carbocycles. The number of carbonyl (C=O) groups is 1. The van der Waals surface area contributed by atoms with E-state index in [1.165, 1.54) is 11.8 Å². The zero-order chi connectivity index (χ0) is 19.1. The van der Waals surface area contributed by atoms with Crippen LogP contribution in [0.15, 0.2) is 22.6 Å². The Balaban J connectivity index is 1.45. The van der Waals surface area contributed by atoms with Crippen LogP contribution >= 0.6 is 11.8 Å². The van der Waals surface area contributed by atoms with Crippen LogP contribution in [0.3, 0.4) is 0 Å². The minimum Gasteiger partial charge on any atom is -0.481 e. The highest BCUT2D eigenvalue weighted by Gasteiger charge is 2.17. The zero-order valence-corrected chi connectivity index (χ0v) is 15.6. The van der Waals surface area contributed by atoms with Crippen molar-refractivity contribution in [1.82, 2.24) is 4.98 Å². The smallest absolute Gasteiger partial charge is 0.313 e. The minimum atomic E-state index is -0.832. The molecule has 1 N–H and O–H groups in total. The van der Waals surface area contributed by atoms with Crippen LogP contribution < -0.4 is 9.47 Å². The Labute approximate surface area is 161 Å². The first-order chi connectivity index (χ1) is 13.1. The molecular weight excluding hydrogens is 370 g/mol. The number of ether oxygens (including phenoxy) is 3. The predicted octanol–water partition coefficient (Wildman–Crippen LogP) is 2.76. The number of aryl methyl sites for hydroxylation is 1. The summed E-state index contributed by atoms with van der Waals surface area (Å²) in [5, 5.41) is 8.51. The molecule has 0 radical (unpaired) electrons. The summed E-state index contributed by atoms with van der Waals surface area (Å²) in [6.45, 7) is 2.88. The van der Waals surface area contributed by atoms with Gasteiger partial charge in [-0.15, -0.1) is 11.8 Å². The molecule has 0 unspecified atom stereocenters. The van der Waals surface area contributed by atoms with Crippen LogP contribution in [0.25, 0.3) is 11.5 Å². The summed E-state index contributed by atoms with van der Waals surface area (Å²) in [5.41, 5.74) is 1.67. The highest BCUT2D eigenvalue weighted by atomic mass is 32.2. The molecule has 27 heavy (non-hydrogen) atoms. The Morgan fingerprint density at radius 3 is 3.04 bits per heavy atom. The van der Waals surface area contributed by atoms with Crippen LogP contribution in [0, 0.1) is 18.8 Å². The Morgan fingerprint density at radius 1 is 1.33 bits per heavy atom. The molecule has 0 atom stereocenters. The van der Waals surface area contributed by atoms with Crippen LogP contribution in [-0.2, 0) is 16.0 Å². The molecule has 0 saturated heterocycles. The largest absolute Gasteiger partial charge is 0.481 e. The van der Waals surface area contributed by atoms with E-state index in [2.05, 4.69) is 16.8 Å². The number of hydrogen-bond acceptors (Lipinski definition) is 7. The topological polar surface area (TPSA) is 91.0 Å². The molecule has 7 nitrogen and oxygen atoms in total. The molecule has 0 bridgehead atoms. The molecule has 8 heteroatoms. The summed E-state index contributed by atoms with van der Waals surface area (Å²) in [6.07, 6.45) is 0.620. The second kappa shape index (κ2) is 9.35. The Hall–Kier alpha value is -2.63. The molecule has 142 valence electrons. The van der Waals surface area contributed by atoms with Crippen molar-refractivity contribution in [3.63, 3.8) is 0 Å². The molecule has 0 spiro atoms. The fraction of sp³-hybridized carbons (Fsp3) is 0.368. The summed E-state index contributed by atoms with van der Waals surface area (Å²) in [6, 6.07) is 5.58. The average Bonchev–Trinajstić information content (AvgIpc) is 3.26. The van der Waals surface area contributed by atoms with Gasteiger partial charge in [0.1, 0.15) is 12.4 Å². The van der Waals surface area contributed by atoms with Gasteiger partial charge in [-0.2, -0.15) is 0 Å². The van der Waals surface area contributed by atoms with Crippen molar-refractivity contribution < 1.29 is 28.5 Å². The van der Waals surface area contributed by atoms with Gasteiger partial charge < -0.3 is 23.7 Å². The fourth-order valence-electron chi connectivity index (χ4n) is 2.40. The molecule has 1 aromatic carbocycles. The van der Waals surface area contributed by atoms with Gasteiger partial charge in [0.2, 0.25) is 12.7 Å². The number of hydrogen-bond donors (Lipinski definition) is 1. The van der Waals surface area contributed by atoms with E-state index >= 15 is 0 Å². The highest BCUT2D eigenvalue weighted by Crippen LogP contribution is 2.36. The molecule has 1 aliphatic rings. The maximum absolute atomic E-state index is 10.4. The minimum absolute atomic E-state index is 0.0622. The van der Waals surface area contributed by atoms with Crippen molar-refractivity contribution in [3.05, 3.63) is 29.7 Å². The van der Waals surface area contributed by atoms with Gasteiger partial charge in [0, 0.05) is 12.0 Å². The van der Waals surface area contributed by atoms with Crippen LogP contribution in [0.5, 0.6) is 11.5 Å². The molecule has 0 amide bonds. The standard InChI is InChI=1S/C19H19NO6S/c1-13-15(6-8-23-7-2-3-9-27-11-18(21)22)20-19(26-13)14-4-5-16-17(10-14)25-12-24-16/h4-5,10H,6-9,11-12H2,1H3,(H,21,22). The summed E-state index contributed by atoms with van der Waals surface area (Å²) >= 11 is 1.26. The van der Waals surface area contributed by atoms with Crippen LogP contribution in [0.2, 0.25) is 0 Å². The molecule has 1 aromatic heterocycles. The molecule has 2 aromatic rings. The Kier molecular flexibility index (Phi) is 6.63. The normalized spacial score (nSPS) is 11.9.